The molecule has 0 saturated carbocycles. The van der Waals surface area contributed by atoms with Crippen LogP contribution in [0, 0.1) is 6.92 Å². The third-order valence-electron chi connectivity index (χ3n) is 1.84. The summed E-state index contributed by atoms with van der Waals surface area (Å²) in [5.74, 6) is -0.370. The van der Waals surface area contributed by atoms with Gasteiger partial charge in [-0.25, -0.2) is 14.8 Å². The molecule has 2 aromatic heterocycles. The van der Waals surface area contributed by atoms with E-state index in [9.17, 15) is 4.79 Å². The number of aromatic nitrogens is 3. The van der Waals surface area contributed by atoms with E-state index in [-0.39, 0.29) is 5.69 Å². The van der Waals surface area contributed by atoms with Crippen molar-refractivity contribution >= 4 is 17.3 Å². The van der Waals surface area contributed by atoms with Crippen molar-refractivity contribution in [3.63, 3.8) is 0 Å². The average molecular weight is 223 g/mol. The predicted molar refractivity (Wildman–Crippen MR) is 55.2 cm³/mol. The van der Waals surface area contributed by atoms with Crippen molar-refractivity contribution in [2.24, 2.45) is 0 Å². The smallest absolute Gasteiger partial charge is 0.353 e. The first-order valence-corrected chi connectivity index (χ1v) is 5.21. The quantitative estimate of drug-likeness (QED) is 0.825. The molecule has 0 aliphatic carbocycles. The normalized spacial score (nSPS) is 10.5. The molecular formula is C9H9N3O2S. The van der Waals surface area contributed by atoms with Crippen molar-refractivity contribution in [1.82, 2.24) is 15.0 Å². The lowest BCUT2D eigenvalue weighted by atomic mass is 10.4. The zero-order valence-corrected chi connectivity index (χ0v) is 8.84. The second kappa shape index (κ2) is 3.82. The predicted octanol–water partition coefficient (Wildman–Crippen LogP) is 1.46. The van der Waals surface area contributed by atoms with E-state index in [4.69, 9.17) is 5.11 Å². The van der Waals surface area contributed by atoms with Crippen LogP contribution in [0.5, 0.6) is 0 Å². The summed E-state index contributed by atoms with van der Waals surface area (Å²) in [6.45, 7) is 1.92. The van der Waals surface area contributed by atoms with Crippen LogP contribution in [0.15, 0.2) is 11.6 Å². The van der Waals surface area contributed by atoms with Gasteiger partial charge in [0.25, 0.3) is 0 Å². The third-order valence-corrected chi connectivity index (χ3v) is 2.81. The Morgan fingerprint density at radius 3 is 3.00 bits per heavy atom. The van der Waals surface area contributed by atoms with Gasteiger partial charge in [-0.15, -0.1) is 11.3 Å². The summed E-state index contributed by atoms with van der Waals surface area (Å²) in [5, 5.41) is 11.6. The molecule has 6 heteroatoms. The number of nitrogens with one attached hydrogen (secondary N) is 1. The number of thiazole rings is 1. The number of H-pyrrole nitrogens is 1. The highest BCUT2D eigenvalue weighted by Gasteiger charge is 2.08. The number of carboxylic acids is 1. The lowest BCUT2D eigenvalue weighted by Gasteiger charge is -1.90. The number of aromatic amines is 1. The molecule has 0 radical (unpaired) electrons. The van der Waals surface area contributed by atoms with Crippen LogP contribution in [0.3, 0.4) is 0 Å². The van der Waals surface area contributed by atoms with Crippen LogP contribution in [0.1, 0.15) is 27.0 Å². The molecule has 0 aromatic carbocycles. The first-order chi connectivity index (χ1) is 7.15. The molecule has 0 amide bonds. The molecule has 0 aliphatic rings. The summed E-state index contributed by atoms with van der Waals surface area (Å²) in [6.07, 6.45) is 1.86. The minimum absolute atomic E-state index is 0.110. The Morgan fingerprint density at radius 2 is 2.47 bits per heavy atom. The molecule has 2 heterocycles. The molecule has 0 saturated heterocycles. The van der Waals surface area contributed by atoms with Crippen molar-refractivity contribution in [2.45, 2.75) is 13.3 Å². The van der Waals surface area contributed by atoms with Gasteiger partial charge in [0.15, 0.2) is 0 Å². The van der Waals surface area contributed by atoms with E-state index in [0.29, 0.717) is 12.2 Å². The number of aryl methyl sites for hydroxylation is 1. The first kappa shape index (κ1) is 9.85. The molecule has 2 N–H and O–H groups in total. The second-order valence-corrected chi connectivity index (χ2v) is 4.05. The Morgan fingerprint density at radius 1 is 1.67 bits per heavy atom. The fraction of sp³-hybridized carbons (Fsp3) is 0.222. The van der Waals surface area contributed by atoms with Crippen molar-refractivity contribution in [1.29, 1.82) is 0 Å². The van der Waals surface area contributed by atoms with Gasteiger partial charge in [-0.2, -0.15) is 0 Å². The van der Waals surface area contributed by atoms with Gasteiger partial charge < -0.3 is 10.1 Å². The summed E-state index contributed by atoms with van der Waals surface area (Å²) in [6, 6.07) is 0. The van der Waals surface area contributed by atoms with Gasteiger partial charge in [-0.1, -0.05) is 0 Å². The Kier molecular flexibility index (Phi) is 2.51. The molecule has 15 heavy (non-hydrogen) atoms. The van der Waals surface area contributed by atoms with Crippen LogP contribution in [0.25, 0.3) is 0 Å². The maximum Gasteiger partial charge on any atom is 0.353 e. The Bertz CT molecular complexity index is 489. The molecule has 0 atom stereocenters. The molecule has 0 aliphatic heterocycles. The number of carboxylic acid groups (broad SMARTS) is 1. The minimum atomic E-state index is -0.996. The van der Waals surface area contributed by atoms with Crippen LogP contribution < -0.4 is 0 Å². The number of carbonyl (C=O) groups is 1. The molecule has 0 spiro atoms. The Labute approximate surface area is 89.8 Å². The summed E-state index contributed by atoms with van der Waals surface area (Å²) in [5.41, 5.74) is 1.08. The van der Waals surface area contributed by atoms with Gasteiger partial charge >= 0.3 is 5.97 Å². The number of nitrogens with zero attached hydrogens (tertiary/aromatic N) is 2. The van der Waals surface area contributed by atoms with Crippen molar-refractivity contribution in [3.05, 3.63) is 33.8 Å². The maximum atomic E-state index is 10.6. The zero-order chi connectivity index (χ0) is 10.8. The summed E-state index contributed by atoms with van der Waals surface area (Å²) >= 11 is 1.54. The lowest BCUT2D eigenvalue weighted by molar-refractivity contribution is 0.0691. The highest BCUT2D eigenvalue weighted by molar-refractivity contribution is 7.09. The molecule has 0 unspecified atom stereocenters. The summed E-state index contributed by atoms with van der Waals surface area (Å²) in [4.78, 5) is 21.6. The number of rotatable bonds is 3. The van der Waals surface area contributed by atoms with Crippen molar-refractivity contribution < 1.29 is 9.90 Å². The van der Waals surface area contributed by atoms with Crippen LogP contribution in [0.4, 0.5) is 0 Å². The van der Waals surface area contributed by atoms with Crippen molar-refractivity contribution in [2.75, 3.05) is 0 Å². The second-order valence-electron chi connectivity index (χ2n) is 3.11. The molecule has 2 aromatic rings. The van der Waals surface area contributed by atoms with E-state index < -0.39 is 5.97 Å². The van der Waals surface area contributed by atoms with E-state index in [1.807, 2.05) is 12.3 Å². The largest absolute Gasteiger partial charge is 0.477 e. The highest BCUT2D eigenvalue weighted by Crippen LogP contribution is 2.12. The van der Waals surface area contributed by atoms with Crippen LogP contribution in [-0.4, -0.2) is 26.0 Å². The van der Waals surface area contributed by atoms with Crippen molar-refractivity contribution in [3.8, 4) is 0 Å². The third kappa shape index (κ3) is 2.21. The SMILES string of the molecule is Cc1csc(Cc2ncc(C(=O)O)[nH]2)n1. The number of aromatic carboxylic acids is 1. The van der Waals surface area contributed by atoms with Gasteiger partial charge in [0.1, 0.15) is 16.5 Å². The van der Waals surface area contributed by atoms with Gasteiger partial charge in [0, 0.05) is 11.1 Å². The first-order valence-electron chi connectivity index (χ1n) is 4.33. The Hall–Kier alpha value is -1.69. The molecule has 0 bridgehead atoms. The van der Waals surface area contributed by atoms with E-state index in [0.717, 1.165) is 10.7 Å². The van der Waals surface area contributed by atoms with Crippen LogP contribution in [-0.2, 0) is 6.42 Å². The van der Waals surface area contributed by atoms with Crippen LogP contribution >= 0.6 is 11.3 Å². The highest BCUT2D eigenvalue weighted by atomic mass is 32.1. The topological polar surface area (TPSA) is 78.9 Å². The van der Waals surface area contributed by atoms with E-state index in [2.05, 4.69) is 15.0 Å². The standard InChI is InChI=1S/C9H9N3O2S/c1-5-4-15-8(11-5)2-7-10-3-6(12-7)9(13)14/h3-4H,2H2,1H3,(H,10,12)(H,13,14). The average Bonchev–Trinajstić information content (AvgIpc) is 2.76. The molecule has 0 fully saturated rings. The summed E-state index contributed by atoms with van der Waals surface area (Å²) < 4.78 is 0. The summed E-state index contributed by atoms with van der Waals surface area (Å²) in [7, 11) is 0. The minimum Gasteiger partial charge on any atom is -0.477 e. The number of hydrogen-bond acceptors (Lipinski definition) is 4. The van der Waals surface area contributed by atoms with E-state index in [1.165, 1.54) is 6.20 Å². The maximum absolute atomic E-state index is 10.6. The van der Waals surface area contributed by atoms with Gasteiger partial charge in [-0.05, 0) is 6.92 Å². The fourth-order valence-corrected chi connectivity index (χ4v) is 1.96. The number of hydrogen-bond donors (Lipinski definition) is 2. The number of imidazole rings is 1. The Balaban J connectivity index is 2.14. The van der Waals surface area contributed by atoms with E-state index >= 15 is 0 Å². The molecule has 2 rings (SSSR count). The molecule has 5 nitrogen and oxygen atoms in total. The van der Waals surface area contributed by atoms with Gasteiger partial charge in [-0.3, -0.25) is 0 Å². The van der Waals surface area contributed by atoms with Gasteiger partial charge in [0.2, 0.25) is 0 Å². The molecular weight excluding hydrogens is 214 g/mol. The lowest BCUT2D eigenvalue weighted by Crippen LogP contribution is -1.97. The van der Waals surface area contributed by atoms with E-state index in [1.54, 1.807) is 11.3 Å². The zero-order valence-electron chi connectivity index (χ0n) is 8.02. The fourth-order valence-electron chi connectivity index (χ4n) is 1.19. The van der Waals surface area contributed by atoms with Gasteiger partial charge in [0.05, 0.1) is 12.6 Å². The molecule has 78 valence electrons. The monoisotopic (exact) mass is 223 g/mol. The van der Waals surface area contributed by atoms with Crippen LogP contribution in [0.2, 0.25) is 0 Å².